The minimum Gasteiger partial charge on any atom is -0.268 e. The van der Waals surface area contributed by atoms with Gasteiger partial charge in [0.2, 0.25) is 0 Å². The van der Waals surface area contributed by atoms with Crippen LogP contribution in [0.4, 0.5) is 5.13 Å². The lowest BCUT2D eigenvalue weighted by molar-refractivity contribution is -0.114. The Hall–Kier alpha value is -2.14. The number of fused-ring (bicyclic) bond motifs is 1. The van der Waals surface area contributed by atoms with Crippen molar-refractivity contribution in [1.82, 2.24) is 4.98 Å². The number of aromatic nitrogens is 1. The van der Waals surface area contributed by atoms with E-state index in [9.17, 15) is 4.79 Å². The van der Waals surface area contributed by atoms with Gasteiger partial charge in [0.15, 0.2) is 5.13 Å². The molecule has 2 aliphatic carbocycles. The number of anilines is 1. The standard InChI is InChI=1S/C23H20Cl2N2OS/c1-15-9-13-18(19(25)14-10-15)22(28)27(17-6-4-5-16(24)11-12-17)23-26-20-7-2-3-8-21(20)29-23/h2-3,7-13H,4-6,14H2,1H3. The fraction of sp³-hybridized carbons (Fsp3) is 0.217. The molecular weight excluding hydrogens is 423 g/mol. The summed E-state index contributed by atoms with van der Waals surface area (Å²) < 4.78 is 1.04. The number of thiazole rings is 1. The Morgan fingerprint density at radius 1 is 1.14 bits per heavy atom. The van der Waals surface area contributed by atoms with Crippen LogP contribution in [0.3, 0.4) is 0 Å². The minimum absolute atomic E-state index is 0.161. The van der Waals surface area contributed by atoms with Crippen LogP contribution in [-0.4, -0.2) is 10.9 Å². The SMILES string of the molecule is CC1=CCC(Cl)=C(C(=O)N(C2=CC=C(Cl)CCC2)c2nc3ccccc3s2)C=C1. The van der Waals surface area contributed by atoms with Crippen LogP contribution >= 0.6 is 34.5 Å². The summed E-state index contributed by atoms with van der Waals surface area (Å²) in [5, 5.41) is 1.98. The maximum absolute atomic E-state index is 13.7. The van der Waals surface area contributed by atoms with Crippen molar-refractivity contribution in [3.63, 3.8) is 0 Å². The molecule has 0 radical (unpaired) electrons. The summed E-state index contributed by atoms with van der Waals surface area (Å²) >= 11 is 14.3. The van der Waals surface area contributed by atoms with E-state index in [1.807, 2.05) is 61.6 Å². The van der Waals surface area contributed by atoms with Gasteiger partial charge in [-0.25, -0.2) is 4.98 Å². The van der Waals surface area contributed by atoms with Crippen molar-refractivity contribution in [2.45, 2.75) is 32.6 Å². The largest absolute Gasteiger partial charge is 0.268 e. The summed E-state index contributed by atoms with van der Waals surface area (Å²) in [7, 11) is 0. The Labute approximate surface area is 184 Å². The third-order valence-electron chi connectivity index (χ3n) is 4.91. The molecule has 0 unspecified atom stereocenters. The molecule has 0 saturated heterocycles. The van der Waals surface area contributed by atoms with Crippen molar-refractivity contribution in [2.24, 2.45) is 0 Å². The Balaban J connectivity index is 1.82. The normalized spacial score (nSPS) is 17.4. The Morgan fingerprint density at radius 2 is 1.97 bits per heavy atom. The van der Waals surface area contributed by atoms with Gasteiger partial charge in [-0.1, -0.05) is 64.4 Å². The molecule has 0 bridgehead atoms. The summed E-state index contributed by atoms with van der Waals surface area (Å²) in [4.78, 5) is 20.2. The van der Waals surface area contributed by atoms with Crippen molar-refractivity contribution in [1.29, 1.82) is 0 Å². The number of carbonyl (C=O) groups is 1. The van der Waals surface area contributed by atoms with Gasteiger partial charge in [-0.3, -0.25) is 9.69 Å². The lowest BCUT2D eigenvalue weighted by Gasteiger charge is -2.23. The Kier molecular flexibility index (Phi) is 6.04. The van der Waals surface area contributed by atoms with Gasteiger partial charge in [0.25, 0.3) is 5.91 Å². The summed E-state index contributed by atoms with van der Waals surface area (Å²) in [6.45, 7) is 2.00. The van der Waals surface area contributed by atoms with Gasteiger partial charge in [-0.05, 0) is 56.5 Å². The number of halogens is 2. The lowest BCUT2D eigenvalue weighted by atomic mass is 10.1. The number of carbonyl (C=O) groups excluding carboxylic acids is 1. The van der Waals surface area contributed by atoms with Crippen LogP contribution in [0.15, 0.2) is 81.6 Å². The van der Waals surface area contributed by atoms with E-state index in [2.05, 4.69) is 0 Å². The van der Waals surface area contributed by atoms with E-state index >= 15 is 0 Å². The number of allylic oxidation sites excluding steroid dienone is 8. The molecule has 0 saturated carbocycles. The molecular formula is C23H20Cl2N2OS. The Bertz CT molecular complexity index is 1090. The van der Waals surface area contributed by atoms with E-state index in [-0.39, 0.29) is 5.91 Å². The molecule has 4 rings (SSSR count). The first-order valence-corrected chi connectivity index (χ1v) is 11.1. The first kappa shape index (κ1) is 20.1. The van der Waals surface area contributed by atoms with E-state index in [4.69, 9.17) is 28.2 Å². The predicted molar refractivity (Wildman–Crippen MR) is 123 cm³/mol. The third kappa shape index (κ3) is 4.40. The number of amides is 1. The van der Waals surface area contributed by atoms with Gasteiger partial charge >= 0.3 is 0 Å². The molecule has 0 aliphatic heterocycles. The third-order valence-corrected chi connectivity index (χ3v) is 6.60. The average molecular weight is 443 g/mol. The van der Waals surface area contributed by atoms with Gasteiger partial charge in [0, 0.05) is 22.2 Å². The zero-order valence-corrected chi connectivity index (χ0v) is 18.3. The molecule has 148 valence electrons. The van der Waals surface area contributed by atoms with Crippen molar-refractivity contribution in [3.05, 3.63) is 81.6 Å². The maximum Gasteiger partial charge on any atom is 0.265 e. The molecule has 2 aliphatic rings. The molecule has 2 aromatic rings. The van der Waals surface area contributed by atoms with Crippen LogP contribution in [0.1, 0.15) is 32.6 Å². The van der Waals surface area contributed by atoms with E-state index in [0.717, 1.165) is 45.8 Å². The average Bonchev–Trinajstić information content (AvgIpc) is 2.91. The van der Waals surface area contributed by atoms with Gasteiger partial charge in [-0.2, -0.15) is 0 Å². The number of rotatable bonds is 3. The van der Waals surface area contributed by atoms with Crippen molar-refractivity contribution in [3.8, 4) is 0 Å². The quantitative estimate of drug-likeness (QED) is 0.502. The molecule has 1 aromatic carbocycles. The molecule has 1 amide bonds. The molecule has 6 heteroatoms. The maximum atomic E-state index is 13.7. The number of benzene rings is 1. The van der Waals surface area contributed by atoms with E-state index in [1.54, 1.807) is 4.90 Å². The van der Waals surface area contributed by atoms with E-state index in [0.29, 0.717) is 22.2 Å². The van der Waals surface area contributed by atoms with Crippen LogP contribution in [0.2, 0.25) is 0 Å². The highest BCUT2D eigenvalue weighted by atomic mass is 35.5. The fourth-order valence-electron chi connectivity index (χ4n) is 3.32. The zero-order valence-electron chi connectivity index (χ0n) is 16.0. The molecule has 29 heavy (non-hydrogen) atoms. The monoisotopic (exact) mass is 442 g/mol. The van der Waals surface area contributed by atoms with Crippen molar-refractivity contribution >= 4 is 55.8 Å². The van der Waals surface area contributed by atoms with Crippen molar-refractivity contribution < 1.29 is 4.79 Å². The summed E-state index contributed by atoms with van der Waals surface area (Å²) in [5.74, 6) is -0.161. The molecule has 0 atom stereocenters. The van der Waals surface area contributed by atoms with Crippen LogP contribution in [0, 0.1) is 0 Å². The molecule has 1 aromatic heterocycles. The second-order valence-electron chi connectivity index (χ2n) is 7.03. The minimum atomic E-state index is -0.161. The van der Waals surface area contributed by atoms with E-state index in [1.165, 1.54) is 11.3 Å². The first-order chi connectivity index (χ1) is 14.0. The summed E-state index contributed by atoms with van der Waals surface area (Å²) in [5.41, 5.74) is 3.34. The van der Waals surface area contributed by atoms with E-state index < -0.39 is 0 Å². The second kappa shape index (κ2) is 8.70. The first-order valence-electron chi connectivity index (χ1n) is 9.51. The zero-order chi connectivity index (χ0) is 20.4. The fourth-order valence-corrected chi connectivity index (χ4v) is 4.73. The smallest absolute Gasteiger partial charge is 0.265 e. The highest BCUT2D eigenvalue weighted by Crippen LogP contribution is 2.35. The Morgan fingerprint density at radius 3 is 2.79 bits per heavy atom. The van der Waals surface area contributed by atoms with Crippen LogP contribution in [-0.2, 0) is 4.79 Å². The highest BCUT2D eigenvalue weighted by Gasteiger charge is 2.27. The van der Waals surface area contributed by atoms with Gasteiger partial charge in [0.1, 0.15) is 0 Å². The van der Waals surface area contributed by atoms with Crippen molar-refractivity contribution in [2.75, 3.05) is 4.90 Å². The van der Waals surface area contributed by atoms with Gasteiger partial charge in [0.05, 0.1) is 15.8 Å². The molecule has 0 N–H and O–H groups in total. The second-order valence-corrected chi connectivity index (χ2v) is 8.98. The predicted octanol–water partition coefficient (Wildman–Crippen LogP) is 7.22. The van der Waals surface area contributed by atoms with Gasteiger partial charge in [-0.15, -0.1) is 0 Å². The highest BCUT2D eigenvalue weighted by molar-refractivity contribution is 7.22. The molecule has 3 nitrogen and oxygen atoms in total. The molecule has 0 spiro atoms. The van der Waals surface area contributed by atoms with Crippen LogP contribution < -0.4 is 4.90 Å². The molecule has 0 fully saturated rings. The van der Waals surface area contributed by atoms with Crippen LogP contribution in [0.5, 0.6) is 0 Å². The molecule has 1 heterocycles. The lowest BCUT2D eigenvalue weighted by Crippen LogP contribution is -2.31. The summed E-state index contributed by atoms with van der Waals surface area (Å²) in [6.07, 6.45) is 12.5. The van der Waals surface area contributed by atoms with Crippen LogP contribution in [0.25, 0.3) is 10.2 Å². The number of nitrogens with zero attached hydrogens (tertiary/aromatic N) is 2. The number of para-hydroxylation sites is 1. The number of hydrogen-bond donors (Lipinski definition) is 0. The topological polar surface area (TPSA) is 33.2 Å². The summed E-state index contributed by atoms with van der Waals surface area (Å²) in [6, 6.07) is 7.91. The number of hydrogen-bond acceptors (Lipinski definition) is 3. The van der Waals surface area contributed by atoms with Gasteiger partial charge < -0.3 is 0 Å².